The third-order valence-electron chi connectivity index (χ3n) is 10.9. The molecule has 0 fully saturated rings. The number of hydrogen-bond donors (Lipinski definition) is 0. The molecule has 10 aromatic rings. The van der Waals surface area contributed by atoms with Crippen LogP contribution in [0.25, 0.3) is 99.1 Å². The third kappa shape index (κ3) is 5.75. The Hall–Kier alpha value is -7.02. The second-order valence-corrected chi connectivity index (χ2v) is 14.1. The first-order valence-corrected chi connectivity index (χ1v) is 18.7. The van der Waals surface area contributed by atoms with Gasteiger partial charge in [-0.3, -0.25) is 0 Å². The van der Waals surface area contributed by atoms with Crippen molar-refractivity contribution < 1.29 is 0 Å². The summed E-state index contributed by atoms with van der Waals surface area (Å²) >= 11 is 0. The zero-order valence-corrected chi connectivity index (χ0v) is 29.8. The summed E-state index contributed by atoms with van der Waals surface area (Å²) in [5, 5.41) is 7.76. The lowest BCUT2D eigenvalue weighted by Gasteiger charge is -2.17. The average molecular weight is 685 g/mol. The van der Waals surface area contributed by atoms with Crippen molar-refractivity contribution in [2.24, 2.45) is 0 Å². The minimum Gasteiger partial charge on any atom is -0.0622 e. The molecular weight excluding hydrogens is 649 g/mol. The van der Waals surface area contributed by atoms with Crippen molar-refractivity contribution in [1.82, 2.24) is 0 Å². The molecule has 0 aliphatic carbocycles. The molecular formula is C54H36. The summed E-state index contributed by atoms with van der Waals surface area (Å²) in [5.41, 5.74) is 14.7. The van der Waals surface area contributed by atoms with E-state index in [1.54, 1.807) is 0 Å². The van der Waals surface area contributed by atoms with Crippen molar-refractivity contribution >= 4 is 32.3 Å². The summed E-state index contributed by atoms with van der Waals surface area (Å²) in [6, 6.07) is 79.5. The Kier molecular flexibility index (Phi) is 7.93. The van der Waals surface area contributed by atoms with Gasteiger partial charge in [0.25, 0.3) is 0 Å². The van der Waals surface area contributed by atoms with Crippen LogP contribution in [0.2, 0.25) is 0 Å². The van der Waals surface area contributed by atoms with E-state index in [4.69, 9.17) is 0 Å². The summed E-state index contributed by atoms with van der Waals surface area (Å²) in [6.07, 6.45) is 0. The van der Waals surface area contributed by atoms with Gasteiger partial charge in [-0.05, 0) is 111 Å². The van der Waals surface area contributed by atoms with Crippen LogP contribution in [0.1, 0.15) is 0 Å². The third-order valence-corrected chi connectivity index (χ3v) is 10.9. The van der Waals surface area contributed by atoms with Crippen LogP contribution in [0.15, 0.2) is 218 Å². The predicted molar refractivity (Wildman–Crippen MR) is 232 cm³/mol. The highest BCUT2D eigenvalue weighted by atomic mass is 14.2. The Labute approximate surface area is 316 Å². The van der Waals surface area contributed by atoms with E-state index < -0.39 is 0 Å². The van der Waals surface area contributed by atoms with E-state index in [0.717, 1.165) is 0 Å². The molecule has 0 aromatic heterocycles. The van der Waals surface area contributed by atoms with Crippen molar-refractivity contribution in [2.75, 3.05) is 0 Å². The molecule has 10 aromatic carbocycles. The highest BCUT2D eigenvalue weighted by molar-refractivity contribution is 6.29. The normalized spacial score (nSPS) is 11.3. The van der Waals surface area contributed by atoms with Crippen molar-refractivity contribution in [3.63, 3.8) is 0 Å². The summed E-state index contributed by atoms with van der Waals surface area (Å²) in [5.74, 6) is 0. The molecule has 0 saturated heterocycles. The van der Waals surface area contributed by atoms with Gasteiger partial charge in [-0.25, -0.2) is 0 Å². The van der Waals surface area contributed by atoms with Crippen LogP contribution in [-0.4, -0.2) is 0 Å². The zero-order valence-electron chi connectivity index (χ0n) is 29.8. The molecule has 0 heteroatoms. The van der Waals surface area contributed by atoms with Gasteiger partial charge < -0.3 is 0 Å². The maximum Gasteiger partial charge on any atom is -0.00199 e. The van der Waals surface area contributed by atoms with Crippen LogP contribution in [0.3, 0.4) is 0 Å². The molecule has 0 N–H and O–H groups in total. The number of fused-ring (bicyclic) bond motifs is 6. The molecule has 0 radical (unpaired) electrons. The van der Waals surface area contributed by atoms with E-state index in [9.17, 15) is 0 Å². The van der Waals surface area contributed by atoms with Gasteiger partial charge in [-0.2, -0.15) is 0 Å². The van der Waals surface area contributed by atoms with Crippen LogP contribution >= 0.6 is 0 Å². The second kappa shape index (κ2) is 13.5. The average Bonchev–Trinajstić information content (AvgIpc) is 3.27. The Morgan fingerprint density at radius 1 is 0.167 bits per heavy atom. The van der Waals surface area contributed by atoms with Crippen LogP contribution < -0.4 is 0 Å². The van der Waals surface area contributed by atoms with E-state index in [1.165, 1.54) is 99.1 Å². The summed E-state index contributed by atoms with van der Waals surface area (Å²) < 4.78 is 0. The summed E-state index contributed by atoms with van der Waals surface area (Å²) in [6.45, 7) is 0. The lowest BCUT2D eigenvalue weighted by Crippen LogP contribution is -1.90. The topological polar surface area (TPSA) is 0 Å². The van der Waals surface area contributed by atoms with Crippen LogP contribution in [0.4, 0.5) is 0 Å². The second-order valence-electron chi connectivity index (χ2n) is 14.1. The molecule has 252 valence electrons. The van der Waals surface area contributed by atoms with E-state index >= 15 is 0 Å². The smallest absolute Gasteiger partial charge is 0.00199 e. The minimum absolute atomic E-state index is 1.21. The highest BCUT2D eigenvalue weighted by Gasteiger charge is 2.15. The molecule has 10 rings (SSSR count). The van der Waals surface area contributed by atoms with E-state index in [0.29, 0.717) is 0 Å². The fourth-order valence-electron chi connectivity index (χ4n) is 8.10. The molecule has 0 aliphatic rings. The first kappa shape index (κ1) is 31.7. The predicted octanol–water partition coefficient (Wildman–Crippen LogP) is 15.1. The van der Waals surface area contributed by atoms with Crippen LogP contribution in [0.5, 0.6) is 0 Å². The number of hydrogen-bond acceptors (Lipinski definition) is 0. The van der Waals surface area contributed by atoms with Gasteiger partial charge in [0.2, 0.25) is 0 Å². The lowest BCUT2D eigenvalue weighted by molar-refractivity contribution is 1.56. The van der Waals surface area contributed by atoms with E-state index in [-0.39, 0.29) is 0 Å². The van der Waals surface area contributed by atoms with Crippen molar-refractivity contribution in [3.05, 3.63) is 218 Å². The molecule has 0 amide bonds. The van der Waals surface area contributed by atoms with Gasteiger partial charge in [0.1, 0.15) is 0 Å². The van der Waals surface area contributed by atoms with Gasteiger partial charge in [-0.1, -0.05) is 206 Å². The molecule has 0 saturated carbocycles. The van der Waals surface area contributed by atoms with Gasteiger partial charge in [0.15, 0.2) is 0 Å². The zero-order chi connectivity index (χ0) is 35.8. The highest BCUT2D eigenvalue weighted by Crippen LogP contribution is 2.43. The molecule has 0 nitrogen and oxygen atoms in total. The van der Waals surface area contributed by atoms with Crippen molar-refractivity contribution in [1.29, 1.82) is 0 Å². The lowest BCUT2D eigenvalue weighted by atomic mass is 9.87. The molecule has 0 unspecified atom stereocenters. The Balaban J connectivity index is 0.950. The number of benzene rings is 10. The van der Waals surface area contributed by atoms with Crippen LogP contribution in [0, 0.1) is 0 Å². The SMILES string of the molecule is c1ccc(-c2ccc(-c3ccc(-c4ccc(-c5ccc(-c6cc(-c7ccccc7)c7c8ccccc8c8ccccc8c7c6)cc5)cc4)cc3)cc2)cc1. The van der Waals surface area contributed by atoms with Crippen molar-refractivity contribution in [3.8, 4) is 66.8 Å². The Morgan fingerprint density at radius 2 is 0.444 bits per heavy atom. The summed E-state index contributed by atoms with van der Waals surface area (Å²) in [7, 11) is 0. The fraction of sp³-hybridized carbons (Fsp3) is 0. The number of rotatable bonds is 6. The monoisotopic (exact) mass is 684 g/mol. The first-order valence-electron chi connectivity index (χ1n) is 18.7. The first-order chi connectivity index (χ1) is 26.8. The molecule has 0 bridgehead atoms. The summed E-state index contributed by atoms with van der Waals surface area (Å²) in [4.78, 5) is 0. The Bertz CT molecular complexity index is 2900. The maximum absolute atomic E-state index is 2.39. The quantitative estimate of drug-likeness (QED) is 0.153. The van der Waals surface area contributed by atoms with Crippen molar-refractivity contribution in [2.45, 2.75) is 0 Å². The minimum atomic E-state index is 1.21. The molecule has 0 spiro atoms. The molecule has 0 atom stereocenters. The largest absolute Gasteiger partial charge is 0.0622 e. The Morgan fingerprint density at radius 3 is 0.852 bits per heavy atom. The van der Waals surface area contributed by atoms with Crippen LogP contribution in [-0.2, 0) is 0 Å². The van der Waals surface area contributed by atoms with Gasteiger partial charge >= 0.3 is 0 Å². The van der Waals surface area contributed by atoms with E-state index in [2.05, 4.69) is 218 Å². The fourth-order valence-corrected chi connectivity index (χ4v) is 8.10. The standard InChI is InChI=1S/C54H36/c1-3-11-37(12-4-1)38-19-21-39(22-20-38)40-23-25-41(26-24-40)42-27-29-43(30-28-42)44-31-33-45(34-32-44)47-35-52(46-13-5-2-6-14-46)54-51-18-10-9-16-49(51)48-15-7-8-17-50(48)53(54)36-47/h1-36H. The van der Waals surface area contributed by atoms with Gasteiger partial charge in [0.05, 0.1) is 0 Å². The maximum atomic E-state index is 2.39. The molecule has 0 heterocycles. The van der Waals surface area contributed by atoms with E-state index in [1.807, 2.05) is 0 Å². The molecule has 54 heavy (non-hydrogen) atoms. The molecule has 0 aliphatic heterocycles. The van der Waals surface area contributed by atoms with Gasteiger partial charge in [0, 0.05) is 0 Å². The van der Waals surface area contributed by atoms with Gasteiger partial charge in [-0.15, -0.1) is 0 Å².